The lowest BCUT2D eigenvalue weighted by Gasteiger charge is -2.32. The SMILES string of the molecule is CC1CSCCN1CCOc1ccc(C(N)=NO)cc1. The molecule has 0 aliphatic carbocycles. The van der Waals surface area contributed by atoms with E-state index in [0.29, 0.717) is 18.2 Å². The lowest BCUT2D eigenvalue weighted by Crippen LogP contribution is -2.42. The van der Waals surface area contributed by atoms with Crippen molar-refractivity contribution in [3.05, 3.63) is 29.8 Å². The molecule has 5 nitrogen and oxygen atoms in total. The van der Waals surface area contributed by atoms with Gasteiger partial charge in [0.15, 0.2) is 5.84 Å². The third-order valence-corrected chi connectivity index (χ3v) is 4.60. The molecule has 0 saturated carbocycles. The summed E-state index contributed by atoms with van der Waals surface area (Å²) in [5.74, 6) is 3.32. The normalized spacial score (nSPS) is 20.9. The molecule has 6 heteroatoms. The van der Waals surface area contributed by atoms with Gasteiger partial charge in [-0.05, 0) is 31.2 Å². The van der Waals surface area contributed by atoms with Crippen LogP contribution < -0.4 is 10.5 Å². The number of nitrogens with two attached hydrogens (primary N) is 1. The average Bonchev–Trinajstić information content (AvgIpc) is 2.49. The number of nitrogens with zero attached hydrogens (tertiary/aromatic N) is 2. The molecule has 1 atom stereocenters. The number of oxime groups is 1. The molecule has 1 aromatic carbocycles. The molecule has 110 valence electrons. The molecule has 2 rings (SSSR count). The molecular weight excluding hydrogens is 274 g/mol. The largest absolute Gasteiger partial charge is 0.492 e. The smallest absolute Gasteiger partial charge is 0.170 e. The third kappa shape index (κ3) is 4.05. The minimum Gasteiger partial charge on any atom is -0.492 e. The molecule has 0 radical (unpaired) electrons. The van der Waals surface area contributed by atoms with E-state index in [1.165, 1.54) is 11.5 Å². The van der Waals surface area contributed by atoms with Gasteiger partial charge in [0.2, 0.25) is 0 Å². The minimum atomic E-state index is 0.108. The lowest BCUT2D eigenvalue weighted by molar-refractivity contribution is 0.183. The van der Waals surface area contributed by atoms with Crippen LogP contribution in [0.4, 0.5) is 0 Å². The fraction of sp³-hybridized carbons (Fsp3) is 0.500. The fourth-order valence-electron chi connectivity index (χ4n) is 2.15. The standard InChI is InChI=1S/C14H21N3O2S/c1-11-10-20-9-7-17(11)6-8-19-13-4-2-12(3-5-13)14(15)16-18/h2-5,11,18H,6-10H2,1H3,(H2,15,16). The first-order valence-electron chi connectivity index (χ1n) is 6.73. The van der Waals surface area contributed by atoms with Gasteiger partial charge in [0.25, 0.3) is 0 Å². The van der Waals surface area contributed by atoms with Crippen LogP contribution in [0.3, 0.4) is 0 Å². The summed E-state index contributed by atoms with van der Waals surface area (Å²) in [6.45, 7) is 5.03. The molecule has 0 aromatic heterocycles. The topological polar surface area (TPSA) is 71.1 Å². The van der Waals surface area contributed by atoms with E-state index in [-0.39, 0.29) is 5.84 Å². The predicted molar refractivity (Wildman–Crippen MR) is 82.8 cm³/mol. The van der Waals surface area contributed by atoms with Crippen molar-refractivity contribution in [2.24, 2.45) is 10.9 Å². The fourth-order valence-corrected chi connectivity index (χ4v) is 3.24. The Kier molecular flexibility index (Phi) is 5.55. The van der Waals surface area contributed by atoms with Crippen molar-refractivity contribution in [1.82, 2.24) is 4.90 Å². The molecule has 1 aromatic rings. The second kappa shape index (κ2) is 7.40. The summed E-state index contributed by atoms with van der Waals surface area (Å²) in [4.78, 5) is 2.46. The first kappa shape index (κ1) is 15.0. The van der Waals surface area contributed by atoms with Crippen LogP contribution in [0.1, 0.15) is 12.5 Å². The van der Waals surface area contributed by atoms with Crippen molar-refractivity contribution in [3.8, 4) is 5.75 Å². The number of rotatable bonds is 5. The zero-order valence-electron chi connectivity index (χ0n) is 11.7. The molecule has 0 amide bonds. The Morgan fingerprint density at radius 1 is 1.50 bits per heavy atom. The maximum Gasteiger partial charge on any atom is 0.170 e. The second-order valence-electron chi connectivity index (χ2n) is 4.82. The number of hydrogen-bond acceptors (Lipinski definition) is 5. The summed E-state index contributed by atoms with van der Waals surface area (Å²) in [5.41, 5.74) is 6.19. The van der Waals surface area contributed by atoms with E-state index in [2.05, 4.69) is 17.0 Å². The monoisotopic (exact) mass is 295 g/mol. The number of amidine groups is 1. The van der Waals surface area contributed by atoms with Crippen LogP contribution >= 0.6 is 11.8 Å². The summed E-state index contributed by atoms with van der Waals surface area (Å²) < 4.78 is 5.73. The molecule has 1 heterocycles. The van der Waals surface area contributed by atoms with E-state index in [9.17, 15) is 0 Å². The summed E-state index contributed by atoms with van der Waals surface area (Å²) in [6, 6.07) is 7.86. The highest BCUT2D eigenvalue weighted by molar-refractivity contribution is 7.99. The van der Waals surface area contributed by atoms with Gasteiger partial charge in [-0.2, -0.15) is 11.8 Å². The van der Waals surface area contributed by atoms with Crippen molar-refractivity contribution < 1.29 is 9.94 Å². The van der Waals surface area contributed by atoms with Gasteiger partial charge < -0.3 is 15.7 Å². The van der Waals surface area contributed by atoms with Gasteiger partial charge >= 0.3 is 0 Å². The highest BCUT2D eigenvalue weighted by atomic mass is 32.2. The first-order chi connectivity index (χ1) is 9.70. The van der Waals surface area contributed by atoms with E-state index in [4.69, 9.17) is 15.7 Å². The van der Waals surface area contributed by atoms with E-state index in [1.54, 1.807) is 12.1 Å². The molecule has 3 N–H and O–H groups in total. The van der Waals surface area contributed by atoms with Gasteiger partial charge in [-0.15, -0.1) is 0 Å². The summed E-state index contributed by atoms with van der Waals surface area (Å²) in [5, 5.41) is 11.6. The Morgan fingerprint density at radius 2 is 2.25 bits per heavy atom. The highest BCUT2D eigenvalue weighted by Gasteiger charge is 2.17. The van der Waals surface area contributed by atoms with E-state index < -0.39 is 0 Å². The molecule has 1 aliphatic rings. The number of thioether (sulfide) groups is 1. The van der Waals surface area contributed by atoms with Gasteiger partial charge in [0.05, 0.1) is 0 Å². The quantitative estimate of drug-likeness (QED) is 0.374. The zero-order chi connectivity index (χ0) is 14.4. The maximum absolute atomic E-state index is 8.59. The van der Waals surface area contributed by atoms with Gasteiger partial charge in [0.1, 0.15) is 12.4 Å². The van der Waals surface area contributed by atoms with Crippen LogP contribution in [0.25, 0.3) is 0 Å². The lowest BCUT2D eigenvalue weighted by atomic mass is 10.2. The molecule has 1 saturated heterocycles. The summed E-state index contributed by atoms with van der Waals surface area (Å²) in [7, 11) is 0. The predicted octanol–water partition coefficient (Wildman–Crippen LogP) is 1.60. The highest BCUT2D eigenvalue weighted by Crippen LogP contribution is 2.16. The summed E-state index contributed by atoms with van der Waals surface area (Å²) in [6.07, 6.45) is 0. The van der Waals surface area contributed by atoms with Gasteiger partial charge in [-0.25, -0.2) is 0 Å². The Bertz CT molecular complexity index is 450. The number of ether oxygens (including phenoxy) is 1. The molecular formula is C14H21N3O2S. The van der Waals surface area contributed by atoms with Crippen LogP contribution in [0.2, 0.25) is 0 Å². The second-order valence-corrected chi connectivity index (χ2v) is 5.97. The Hall–Kier alpha value is -1.40. The van der Waals surface area contributed by atoms with Crippen molar-refractivity contribution in [1.29, 1.82) is 0 Å². The van der Waals surface area contributed by atoms with Crippen molar-refractivity contribution in [2.75, 3.05) is 31.2 Å². The Morgan fingerprint density at radius 3 is 2.90 bits per heavy atom. The van der Waals surface area contributed by atoms with Crippen LogP contribution in [0.5, 0.6) is 5.75 Å². The zero-order valence-corrected chi connectivity index (χ0v) is 12.5. The van der Waals surface area contributed by atoms with Crippen LogP contribution in [0, 0.1) is 0 Å². The van der Waals surface area contributed by atoms with Gasteiger partial charge in [-0.3, -0.25) is 4.90 Å². The first-order valence-corrected chi connectivity index (χ1v) is 7.88. The van der Waals surface area contributed by atoms with E-state index in [0.717, 1.165) is 18.8 Å². The average molecular weight is 295 g/mol. The van der Waals surface area contributed by atoms with Gasteiger partial charge in [-0.1, -0.05) is 5.16 Å². The summed E-state index contributed by atoms with van der Waals surface area (Å²) >= 11 is 2.02. The van der Waals surface area contributed by atoms with E-state index in [1.807, 2.05) is 23.9 Å². The van der Waals surface area contributed by atoms with Gasteiger partial charge in [0, 0.05) is 36.2 Å². The Balaban J connectivity index is 1.79. The molecule has 0 spiro atoms. The molecule has 1 fully saturated rings. The van der Waals surface area contributed by atoms with Crippen LogP contribution in [-0.4, -0.2) is 53.2 Å². The Labute approximate surface area is 123 Å². The van der Waals surface area contributed by atoms with E-state index >= 15 is 0 Å². The maximum atomic E-state index is 8.59. The molecule has 1 aliphatic heterocycles. The molecule has 20 heavy (non-hydrogen) atoms. The third-order valence-electron chi connectivity index (χ3n) is 3.41. The molecule has 0 bridgehead atoms. The van der Waals surface area contributed by atoms with Crippen molar-refractivity contribution in [3.63, 3.8) is 0 Å². The van der Waals surface area contributed by atoms with Crippen molar-refractivity contribution >= 4 is 17.6 Å². The number of hydrogen-bond donors (Lipinski definition) is 2. The van der Waals surface area contributed by atoms with Crippen molar-refractivity contribution in [2.45, 2.75) is 13.0 Å². The van der Waals surface area contributed by atoms with Crippen LogP contribution in [-0.2, 0) is 0 Å². The minimum absolute atomic E-state index is 0.108. The number of benzene rings is 1. The van der Waals surface area contributed by atoms with Crippen LogP contribution in [0.15, 0.2) is 29.4 Å². The molecule has 1 unspecified atom stereocenters.